The number of fused-ring (bicyclic) bond motifs is 1. The lowest BCUT2D eigenvalue weighted by atomic mass is 9.84. The molecule has 2 N–H and O–H groups in total. The number of carbonyl (C=O) groups excluding carboxylic acids is 4. The Kier molecular flexibility index (Phi) is 7.61. The zero-order chi connectivity index (χ0) is 25.8. The smallest absolute Gasteiger partial charge is 0.329 e. The van der Waals surface area contributed by atoms with Crippen molar-refractivity contribution in [3.63, 3.8) is 0 Å². The average molecular weight is 500 g/mol. The molecule has 2 fully saturated rings. The summed E-state index contributed by atoms with van der Waals surface area (Å²) in [6.07, 6.45) is 3.70. The molecule has 2 aromatic rings. The molecule has 0 spiro atoms. The number of hydrogen-bond donors (Lipinski definition) is 2. The number of anilines is 2. The second-order valence-electron chi connectivity index (χ2n) is 9.12. The Labute approximate surface area is 207 Å². The van der Waals surface area contributed by atoms with E-state index in [1.165, 1.54) is 11.8 Å². The molecular weight excluding hydrogens is 472 g/mol. The zero-order valence-corrected chi connectivity index (χ0v) is 19.8. The van der Waals surface area contributed by atoms with Crippen molar-refractivity contribution >= 4 is 35.1 Å². The maximum Gasteiger partial charge on any atom is 0.329 e. The number of hydrogen-bond acceptors (Lipinski definition) is 5. The van der Waals surface area contributed by atoms with Gasteiger partial charge in [-0.05, 0) is 55.5 Å². The molecule has 3 atom stereocenters. The van der Waals surface area contributed by atoms with Gasteiger partial charge in [-0.1, -0.05) is 18.9 Å². The quantitative estimate of drug-likeness (QED) is 0.587. The minimum atomic E-state index is -0.993. The Morgan fingerprint density at radius 3 is 2.44 bits per heavy atom. The number of nitrogens with zero attached hydrogens (tertiary/aromatic N) is 1. The van der Waals surface area contributed by atoms with Crippen molar-refractivity contribution in [3.05, 3.63) is 59.7 Å². The fourth-order valence-corrected chi connectivity index (χ4v) is 5.07. The topological polar surface area (TPSA) is 105 Å². The average Bonchev–Trinajstić information content (AvgIpc) is 3.22. The van der Waals surface area contributed by atoms with Gasteiger partial charge in [0.2, 0.25) is 5.91 Å². The van der Waals surface area contributed by atoms with Crippen LogP contribution in [-0.2, 0) is 19.1 Å². The first kappa shape index (κ1) is 25.3. The Morgan fingerprint density at radius 2 is 1.72 bits per heavy atom. The van der Waals surface area contributed by atoms with Crippen molar-refractivity contribution < 1.29 is 32.7 Å². The number of carbonyl (C=O) groups is 4. The van der Waals surface area contributed by atoms with Crippen molar-refractivity contribution in [2.75, 3.05) is 17.2 Å². The number of esters is 1. The summed E-state index contributed by atoms with van der Waals surface area (Å²) in [5.74, 6) is -4.03. The van der Waals surface area contributed by atoms with E-state index in [1.54, 1.807) is 24.3 Å². The van der Waals surface area contributed by atoms with Crippen LogP contribution in [0.25, 0.3) is 0 Å². The van der Waals surface area contributed by atoms with Crippen LogP contribution in [0.1, 0.15) is 49.4 Å². The standard InChI is InChI=1S/C26H27F2N3O5/c1-15(32)29-18-6-4-7-19(13-18)30-24(33)14-36-26(35)23-11-16-5-2-3-8-22(16)31(23)25(34)20-10-9-17(27)12-21(20)28/h4,6-7,9-10,12-13,16,22-23H,2-3,5,8,11,14H2,1H3,(H,29,32)(H,30,33)/t16-,22-,23-/m0/s1. The number of rotatable bonds is 6. The first-order chi connectivity index (χ1) is 17.2. The summed E-state index contributed by atoms with van der Waals surface area (Å²) in [4.78, 5) is 51.3. The monoisotopic (exact) mass is 499 g/mol. The van der Waals surface area contributed by atoms with Crippen molar-refractivity contribution in [2.45, 2.75) is 51.1 Å². The van der Waals surface area contributed by atoms with Crippen LogP contribution in [0, 0.1) is 17.6 Å². The number of amides is 3. The summed E-state index contributed by atoms with van der Waals surface area (Å²) in [6, 6.07) is 7.98. The molecule has 0 unspecified atom stereocenters. The minimum absolute atomic E-state index is 0.0640. The molecule has 3 amide bonds. The van der Waals surface area contributed by atoms with Gasteiger partial charge in [0.25, 0.3) is 11.8 Å². The summed E-state index contributed by atoms with van der Waals surface area (Å²) in [5, 5.41) is 5.20. The summed E-state index contributed by atoms with van der Waals surface area (Å²) in [7, 11) is 0. The van der Waals surface area contributed by atoms with E-state index in [1.807, 2.05) is 0 Å². The van der Waals surface area contributed by atoms with Crippen LogP contribution in [0.4, 0.5) is 20.2 Å². The highest BCUT2D eigenvalue weighted by atomic mass is 19.1. The Balaban J connectivity index is 1.44. The predicted molar refractivity (Wildman–Crippen MR) is 127 cm³/mol. The molecule has 0 bridgehead atoms. The van der Waals surface area contributed by atoms with Gasteiger partial charge in [-0.15, -0.1) is 0 Å². The van der Waals surface area contributed by atoms with Gasteiger partial charge in [-0.3, -0.25) is 14.4 Å². The lowest BCUT2D eigenvalue weighted by Gasteiger charge is -2.33. The Bertz CT molecular complexity index is 1190. The van der Waals surface area contributed by atoms with Gasteiger partial charge in [0.1, 0.15) is 17.7 Å². The van der Waals surface area contributed by atoms with Gasteiger partial charge in [0.15, 0.2) is 6.61 Å². The molecule has 0 radical (unpaired) electrons. The summed E-state index contributed by atoms with van der Waals surface area (Å²) in [5.41, 5.74) is 0.586. The van der Waals surface area contributed by atoms with E-state index < -0.39 is 42.1 Å². The molecule has 2 aliphatic rings. The fourth-order valence-electron chi connectivity index (χ4n) is 5.07. The maximum atomic E-state index is 14.4. The zero-order valence-electron chi connectivity index (χ0n) is 19.8. The Morgan fingerprint density at radius 1 is 1.00 bits per heavy atom. The van der Waals surface area contributed by atoms with Gasteiger partial charge < -0.3 is 20.3 Å². The highest BCUT2D eigenvalue weighted by Gasteiger charge is 2.48. The van der Waals surface area contributed by atoms with E-state index in [4.69, 9.17) is 4.74 Å². The third-order valence-electron chi connectivity index (χ3n) is 6.57. The van der Waals surface area contributed by atoms with Gasteiger partial charge >= 0.3 is 5.97 Å². The number of nitrogens with one attached hydrogen (secondary N) is 2. The van der Waals surface area contributed by atoms with Gasteiger partial charge in [0, 0.05) is 30.4 Å². The van der Waals surface area contributed by atoms with Crippen LogP contribution in [0.2, 0.25) is 0 Å². The third kappa shape index (κ3) is 5.69. The molecule has 190 valence electrons. The summed E-state index contributed by atoms with van der Waals surface area (Å²) in [6.45, 7) is 0.782. The second kappa shape index (κ2) is 10.8. The largest absolute Gasteiger partial charge is 0.454 e. The van der Waals surface area contributed by atoms with E-state index in [9.17, 15) is 28.0 Å². The molecule has 1 saturated heterocycles. The fraction of sp³-hybridized carbons (Fsp3) is 0.385. The van der Waals surface area contributed by atoms with E-state index >= 15 is 0 Å². The van der Waals surface area contributed by atoms with Crippen molar-refractivity contribution in [1.29, 1.82) is 0 Å². The second-order valence-corrected chi connectivity index (χ2v) is 9.12. The van der Waals surface area contributed by atoms with Gasteiger partial charge in [-0.2, -0.15) is 0 Å². The van der Waals surface area contributed by atoms with E-state index in [0.29, 0.717) is 30.3 Å². The van der Waals surface area contributed by atoms with E-state index in [-0.39, 0.29) is 23.4 Å². The van der Waals surface area contributed by atoms with Crippen molar-refractivity contribution in [2.24, 2.45) is 5.92 Å². The van der Waals surface area contributed by atoms with Crippen LogP contribution in [-0.4, -0.2) is 47.3 Å². The molecule has 1 aliphatic carbocycles. The van der Waals surface area contributed by atoms with Crippen LogP contribution < -0.4 is 10.6 Å². The predicted octanol–water partition coefficient (Wildman–Crippen LogP) is 3.88. The lowest BCUT2D eigenvalue weighted by molar-refractivity contribution is -0.151. The highest BCUT2D eigenvalue weighted by molar-refractivity contribution is 5.98. The number of likely N-dealkylation sites (tertiary alicyclic amines) is 1. The van der Waals surface area contributed by atoms with Crippen molar-refractivity contribution in [3.8, 4) is 0 Å². The molecule has 36 heavy (non-hydrogen) atoms. The molecule has 1 aliphatic heterocycles. The van der Waals surface area contributed by atoms with Gasteiger partial charge in [0.05, 0.1) is 5.56 Å². The van der Waals surface area contributed by atoms with Crippen molar-refractivity contribution in [1.82, 2.24) is 4.90 Å². The van der Waals surface area contributed by atoms with Crippen LogP contribution in [0.15, 0.2) is 42.5 Å². The van der Waals surface area contributed by atoms with Crippen LogP contribution >= 0.6 is 0 Å². The summed E-state index contributed by atoms with van der Waals surface area (Å²) < 4.78 is 33.0. The molecular formula is C26H27F2N3O5. The molecule has 10 heteroatoms. The molecule has 1 saturated carbocycles. The third-order valence-corrected chi connectivity index (χ3v) is 6.57. The lowest BCUT2D eigenvalue weighted by Crippen LogP contribution is -2.47. The van der Waals surface area contributed by atoms with Crippen LogP contribution in [0.5, 0.6) is 0 Å². The molecule has 1 heterocycles. The number of halogens is 2. The molecule has 0 aromatic heterocycles. The summed E-state index contributed by atoms with van der Waals surface area (Å²) >= 11 is 0. The maximum absolute atomic E-state index is 14.4. The first-order valence-corrected chi connectivity index (χ1v) is 11.8. The highest BCUT2D eigenvalue weighted by Crippen LogP contribution is 2.41. The molecule has 4 rings (SSSR count). The number of benzene rings is 2. The normalized spacial score (nSPS) is 20.9. The number of ether oxygens (including phenoxy) is 1. The molecule has 2 aromatic carbocycles. The first-order valence-electron chi connectivity index (χ1n) is 11.8. The van der Waals surface area contributed by atoms with E-state index in [0.717, 1.165) is 31.4 Å². The Hall–Kier alpha value is -3.82. The van der Waals surface area contributed by atoms with Gasteiger partial charge in [-0.25, -0.2) is 13.6 Å². The minimum Gasteiger partial charge on any atom is -0.454 e. The SMILES string of the molecule is CC(=O)Nc1cccc(NC(=O)COC(=O)[C@@H]2C[C@@H]3CCCC[C@@H]3N2C(=O)c2ccc(F)cc2F)c1. The van der Waals surface area contributed by atoms with E-state index in [2.05, 4.69) is 10.6 Å². The van der Waals surface area contributed by atoms with Crippen LogP contribution in [0.3, 0.4) is 0 Å². The molecule has 8 nitrogen and oxygen atoms in total.